The number of carbonyl (C=O) groups is 2. The Morgan fingerprint density at radius 3 is 2.34 bits per heavy atom. The summed E-state index contributed by atoms with van der Waals surface area (Å²) in [6.45, 7) is 12.9. The summed E-state index contributed by atoms with van der Waals surface area (Å²) in [6.07, 6.45) is 8.11. The summed E-state index contributed by atoms with van der Waals surface area (Å²) >= 11 is 0. The van der Waals surface area contributed by atoms with Crippen molar-refractivity contribution in [1.82, 2.24) is 4.90 Å². The topological polar surface area (TPSA) is 55.8 Å². The maximum absolute atomic E-state index is 14.9. The highest BCUT2D eigenvalue weighted by Crippen LogP contribution is 2.61. The predicted molar refractivity (Wildman–Crippen MR) is 134 cm³/mol. The number of rotatable bonds is 6. The van der Waals surface area contributed by atoms with E-state index in [1.807, 2.05) is 20.8 Å². The molecule has 0 N–H and O–H groups in total. The fraction of sp³-hybridized carbons (Fsp3) is 0.724. The van der Waals surface area contributed by atoms with Crippen LogP contribution in [0, 0.1) is 29.0 Å². The molecule has 1 saturated heterocycles. The lowest BCUT2D eigenvalue weighted by molar-refractivity contribution is -0.138. The second-order valence-electron chi connectivity index (χ2n) is 12.5. The summed E-state index contributed by atoms with van der Waals surface area (Å²) in [4.78, 5) is 24.1. The highest BCUT2D eigenvalue weighted by molar-refractivity contribution is 5.95. The number of hydrogen-bond donors (Lipinski definition) is 0. The lowest BCUT2D eigenvalue weighted by Gasteiger charge is -2.60. The fourth-order valence-corrected chi connectivity index (χ4v) is 6.17. The van der Waals surface area contributed by atoms with E-state index in [2.05, 4.69) is 18.6 Å². The maximum Gasteiger partial charge on any atom is 0.293 e. The van der Waals surface area contributed by atoms with E-state index in [9.17, 15) is 14.0 Å². The van der Waals surface area contributed by atoms with Crippen LogP contribution in [0.3, 0.4) is 0 Å². The monoisotopic (exact) mass is 487 g/mol. The number of likely N-dealkylation sites (tertiary alicyclic amines) is 1. The molecule has 3 unspecified atom stereocenters. The van der Waals surface area contributed by atoms with Crippen LogP contribution in [0.25, 0.3) is 0 Å². The van der Waals surface area contributed by atoms with Gasteiger partial charge < -0.3 is 14.4 Å². The number of hydrogen-bond acceptors (Lipinski definition) is 4. The molecule has 3 atom stereocenters. The first-order chi connectivity index (χ1) is 16.5. The third-order valence-corrected chi connectivity index (χ3v) is 8.60. The van der Waals surface area contributed by atoms with Crippen molar-refractivity contribution in [3.05, 3.63) is 29.1 Å². The molecule has 35 heavy (non-hydrogen) atoms. The number of ether oxygens (including phenoxy) is 2. The lowest BCUT2D eigenvalue weighted by Crippen LogP contribution is -2.53. The van der Waals surface area contributed by atoms with E-state index in [0.29, 0.717) is 36.1 Å². The van der Waals surface area contributed by atoms with E-state index >= 15 is 0 Å². The van der Waals surface area contributed by atoms with E-state index in [0.717, 1.165) is 56.2 Å². The number of benzene rings is 1. The van der Waals surface area contributed by atoms with E-state index in [-0.39, 0.29) is 17.1 Å². The number of nitrogens with zero attached hydrogens (tertiary/aromatic N) is 1. The standard InChI is InChI=1S/C24H32FNO2.C5H10O2/c1-24(2)17-8-7-16(20(24)11-17)14-28-22-13-21(25)19(12-18(22)15-5-6-15)23(27)26-9-3-4-10-26;1-5(2,3)7-4-6/h12-13,15-17,20H,3-11,14H2,1-2H3;4H,1-3H3. The summed E-state index contributed by atoms with van der Waals surface area (Å²) in [6, 6.07) is 3.29. The molecule has 4 saturated carbocycles. The molecule has 6 rings (SSSR count). The van der Waals surface area contributed by atoms with Crippen molar-refractivity contribution in [2.24, 2.45) is 23.2 Å². The average molecular weight is 488 g/mol. The van der Waals surface area contributed by atoms with Gasteiger partial charge >= 0.3 is 0 Å². The molecule has 1 amide bonds. The number of halogens is 1. The van der Waals surface area contributed by atoms with Crippen LogP contribution >= 0.6 is 0 Å². The van der Waals surface area contributed by atoms with Crippen molar-refractivity contribution >= 4 is 12.4 Å². The van der Waals surface area contributed by atoms with Crippen LogP contribution in [0.5, 0.6) is 5.75 Å². The van der Waals surface area contributed by atoms with Crippen LogP contribution in [-0.2, 0) is 9.53 Å². The Balaban J connectivity index is 0.000000364. The molecule has 1 aliphatic heterocycles. The molecular formula is C29H42FNO4. The summed E-state index contributed by atoms with van der Waals surface area (Å²) in [5.74, 6) is 2.71. The van der Waals surface area contributed by atoms with E-state index in [4.69, 9.17) is 4.74 Å². The van der Waals surface area contributed by atoms with Crippen LogP contribution < -0.4 is 4.74 Å². The van der Waals surface area contributed by atoms with Crippen LogP contribution in [0.15, 0.2) is 12.1 Å². The summed E-state index contributed by atoms with van der Waals surface area (Å²) in [5.41, 5.74) is 1.40. The zero-order valence-corrected chi connectivity index (χ0v) is 22.1. The number of carbonyl (C=O) groups excluding carboxylic acids is 2. The largest absolute Gasteiger partial charge is 0.493 e. The van der Waals surface area contributed by atoms with Crippen molar-refractivity contribution in [1.29, 1.82) is 0 Å². The van der Waals surface area contributed by atoms with Gasteiger partial charge in [0, 0.05) is 19.2 Å². The Hall–Kier alpha value is -2.11. The van der Waals surface area contributed by atoms with Gasteiger partial charge in [-0.1, -0.05) is 13.8 Å². The molecule has 194 valence electrons. The van der Waals surface area contributed by atoms with Gasteiger partial charge in [-0.3, -0.25) is 9.59 Å². The molecule has 1 heterocycles. The van der Waals surface area contributed by atoms with Gasteiger partial charge in [0.05, 0.1) is 12.2 Å². The third-order valence-electron chi connectivity index (χ3n) is 8.60. The summed E-state index contributed by atoms with van der Waals surface area (Å²) in [5, 5.41) is 0. The number of amides is 1. The quantitative estimate of drug-likeness (QED) is 0.439. The first-order valence-electron chi connectivity index (χ1n) is 13.4. The van der Waals surface area contributed by atoms with Gasteiger partial charge in [0.1, 0.15) is 17.2 Å². The smallest absolute Gasteiger partial charge is 0.293 e. The molecule has 2 bridgehead atoms. The first kappa shape index (κ1) is 26.0. The zero-order chi connectivity index (χ0) is 25.4. The summed E-state index contributed by atoms with van der Waals surface area (Å²) < 4.78 is 25.7. The first-order valence-corrected chi connectivity index (χ1v) is 13.4. The lowest BCUT2D eigenvalue weighted by atomic mass is 9.46. The molecule has 5 aliphatic rings. The molecule has 6 heteroatoms. The van der Waals surface area contributed by atoms with E-state index in [1.54, 1.807) is 11.0 Å². The van der Waals surface area contributed by atoms with Crippen LogP contribution in [0.1, 0.15) is 101 Å². The van der Waals surface area contributed by atoms with Gasteiger partial charge in [0.25, 0.3) is 12.4 Å². The van der Waals surface area contributed by atoms with Crippen molar-refractivity contribution in [2.75, 3.05) is 19.7 Å². The minimum absolute atomic E-state index is 0.155. The third kappa shape index (κ3) is 5.83. The van der Waals surface area contributed by atoms with Gasteiger partial charge in [-0.2, -0.15) is 0 Å². The maximum atomic E-state index is 14.9. The Bertz CT molecular complexity index is 925. The Morgan fingerprint density at radius 2 is 1.83 bits per heavy atom. The average Bonchev–Trinajstić information content (AvgIpc) is 3.49. The molecule has 0 radical (unpaired) electrons. The highest BCUT2D eigenvalue weighted by Gasteiger charge is 2.54. The minimum atomic E-state index is -0.427. The van der Waals surface area contributed by atoms with Crippen molar-refractivity contribution < 1.29 is 23.5 Å². The Labute approximate surface area is 209 Å². The predicted octanol–water partition coefficient (Wildman–Crippen LogP) is 6.35. The van der Waals surface area contributed by atoms with Crippen molar-refractivity contribution in [2.45, 2.75) is 91.1 Å². The Morgan fingerprint density at radius 1 is 1.14 bits per heavy atom. The minimum Gasteiger partial charge on any atom is -0.493 e. The van der Waals surface area contributed by atoms with Crippen molar-refractivity contribution in [3.8, 4) is 5.75 Å². The van der Waals surface area contributed by atoms with Crippen molar-refractivity contribution in [3.63, 3.8) is 0 Å². The van der Waals surface area contributed by atoms with Crippen LogP contribution in [-0.4, -0.2) is 42.6 Å². The fourth-order valence-electron chi connectivity index (χ4n) is 6.17. The molecule has 5 fully saturated rings. The highest BCUT2D eigenvalue weighted by atomic mass is 19.1. The SMILES string of the molecule is CC(C)(C)OC=O.CC1(C)C2CCC(COc3cc(F)c(C(=O)N4CCCC4)cc3C3CC3)C1C2. The molecule has 0 spiro atoms. The van der Waals surface area contributed by atoms with E-state index < -0.39 is 5.82 Å². The molecule has 0 aromatic heterocycles. The van der Waals surface area contributed by atoms with Gasteiger partial charge in [0.2, 0.25) is 0 Å². The number of fused-ring (bicyclic) bond motifs is 2. The Kier molecular flexibility index (Phi) is 7.49. The molecular weight excluding hydrogens is 445 g/mol. The van der Waals surface area contributed by atoms with Gasteiger partial charge in [-0.05, 0) is 106 Å². The van der Waals surface area contributed by atoms with Gasteiger partial charge in [0.15, 0.2) is 0 Å². The zero-order valence-electron chi connectivity index (χ0n) is 22.1. The molecule has 1 aromatic rings. The van der Waals surface area contributed by atoms with Crippen LogP contribution in [0.2, 0.25) is 0 Å². The van der Waals surface area contributed by atoms with Gasteiger partial charge in [-0.25, -0.2) is 4.39 Å². The molecule has 4 aliphatic carbocycles. The van der Waals surface area contributed by atoms with Crippen LogP contribution in [0.4, 0.5) is 4.39 Å². The summed E-state index contributed by atoms with van der Waals surface area (Å²) in [7, 11) is 0. The molecule has 5 nitrogen and oxygen atoms in total. The van der Waals surface area contributed by atoms with E-state index in [1.165, 1.54) is 25.3 Å². The molecule has 1 aromatic carbocycles. The second kappa shape index (κ2) is 10.1. The normalized spacial score (nSPS) is 26.8. The second-order valence-corrected chi connectivity index (χ2v) is 12.5. The van der Waals surface area contributed by atoms with Gasteiger partial charge in [-0.15, -0.1) is 0 Å².